The van der Waals surface area contributed by atoms with Crippen molar-refractivity contribution in [3.05, 3.63) is 59.7 Å². The Morgan fingerprint density at radius 3 is 2.03 bits per heavy atom. The summed E-state index contributed by atoms with van der Waals surface area (Å²) < 4.78 is 45.0. The van der Waals surface area contributed by atoms with Gasteiger partial charge in [-0.2, -0.15) is 13.2 Å². The first-order valence-corrected chi connectivity index (χ1v) is 11.2. The monoisotopic (exact) mass is 492 g/mol. The van der Waals surface area contributed by atoms with Crippen molar-refractivity contribution in [1.82, 2.24) is 10.6 Å². The highest BCUT2D eigenvalue weighted by Crippen LogP contribution is 2.44. The van der Waals surface area contributed by atoms with E-state index in [1.165, 1.54) is 0 Å². The van der Waals surface area contributed by atoms with E-state index in [4.69, 9.17) is 9.84 Å². The normalized spacial score (nSPS) is 15.3. The first kappa shape index (κ1) is 26.1. The van der Waals surface area contributed by atoms with Gasteiger partial charge >= 0.3 is 18.2 Å². The van der Waals surface area contributed by atoms with Crippen LogP contribution in [0.4, 0.5) is 18.0 Å². The van der Waals surface area contributed by atoms with Gasteiger partial charge in [-0.25, -0.2) is 4.79 Å². The van der Waals surface area contributed by atoms with Gasteiger partial charge in [-0.3, -0.25) is 9.59 Å². The van der Waals surface area contributed by atoms with Crippen LogP contribution < -0.4 is 10.6 Å². The molecule has 7 nitrogen and oxygen atoms in total. The maximum Gasteiger partial charge on any atom is 0.409 e. The van der Waals surface area contributed by atoms with Gasteiger partial charge in [0.2, 0.25) is 5.91 Å². The average molecular weight is 492 g/mol. The fourth-order valence-corrected chi connectivity index (χ4v) is 4.15. The van der Waals surface area contributed by atoms with Crippen molar-refractivity contribution in [3.63, 3.8) is 0 Å². The van der Waals surface area contributed by atoms with Crippen LogP contribution in [-0.4, -0.2) is 47.9 Å². The van der Waals surface area contributed by atoms with Gasteiger partial charge in [0.05, 0.1) is 6.42 Å². The summed E-state index contributed by atoms with van der Waals surface area (Å²) in [4.78, 5) is 36.0. The Morgan fingerprint density at radius 1 is 1.00 bits per heavy atom. The third-order valence-electron chi connectivity index (χ3n) is 6.20. The van der Waals surface area contributed by atoms with Gasteiger partial charge in [-0.05, 0) is 28.2 Å². The Hall–Kier alpha value is -3.56. The molecule has 0 aliphatic heterocycles. The van der Waals surface area contributed by atoms with E-state index in [0.29, 0.717) is 6.42 Å². The zero-order valence-corrected chi connectivity index (χ0v) is 19.3. The fraction of sp³-hybridized carbons (Fsp3) is 0.400. The number of amides is 2. The standard InChI is InChI=1S/C25H27F3N2O5/c1-3-14(2)22(23(33)29-20(12-21(31)32)25(26,27)28)30-24(34)35-13-19-17-10-6-4-8-15(17)16-9-5-7-11-18(16)19/h4-11,14,19-20,22H,3,12-13H2,1-2H3,(H,29,33)(H,30,34)(H,31,32)/t14-,20?,22-/m0/s1. The van der Waals surface area contributed by atoms with Crippen molar-refractivity contribution in [2.75, 3.05) is 6.61 Å². The molecule has 2 aromatic carbocycles. The molecule has 3 N–H and O–H groups in total. The Labute approximate surface area is 200 Å². The lowest BCUT2D eigenvalue weighted by Crippen LogP contribution is -2.56. The van der Waals surface area contributed by atoms with Crippen molar-refractivity contribution >= 4 is 18.0 Å². The zero-order chi connectivity index (χ0) is 25.8. The summed E-state index contributed by atoms with van der Waals surface area (Å²) in [5.41, 5.74) is 4.04. The molecular formula is C25H27F3N2O5. The van der Waals surface area contributed by atoms with Crippen LogP contribution in [-0.2, 0) is 14.3 Å². The van der Waals surface area contributed by atoms with E-state index >= 15 is 0 Å². The number of alkyl carbamates (subject to hydrolysis) is 1. The number of alkyl halides is 3. The number of hydrogen-bond acceptors (Lipinski definition) is 4. The summed E-state index contributed by atoms with van der Waals surface area (Å²) in [5.74, 6) is -3.60. The van der Waals surface area contributed by atoms with Gasteiger partial charge in [0.1, 0.15) is 18.7 Å². The van der Waals surface area contributed by atoms with Crippen LogP contribution in [0.15, 0.2) is 48.5 Å². The van der Waals surface area contributed by atoms with E-state index in [1.807, 2.05) is 48.5 Å². The van der Waals surface area contributed by atoms with Gasteiger partial charge in [-0.15, -0.1) is 0 Å². The number of carboxylic acid groups (broad SMARTS) is 1. The second kappa shape index (κ2) is 10.8. The molecule has 1 unspecified atom stereocenters. The Kier molecular flexibility index (Phi) is 8.03. The lowest BCUT2D eigenvalue weighted by Gasteiger charge is -2.27. The van der Waals surface area contributed by atoms with E-state index in [1.54, 1.807) is 19.2 Å². The topological polar surface area (TPSA) is 105 Å². The minimum Gasteiger partial charge on any atom is -0.481 e. The molecule has 3 rings (SSSR count). The molecule has 1 aliphatic carbocycles. The number of benzene rings is 2. The minimum atomic E-state index is -4.96. The number of halogens is 3. The van der Waals surface area contributed by atoms with Crippen molar-refractivity contribution in [1.29, 1.82) is 0 Å². The minimum absolute atomic E-state index is 0.0289. The smallest absolute Gasteiger partial charge is 0.409 e. The van der Waals surface area contributed by atoms with Crippen LogP contribution in [0.5, 0.6) is 0 Å². The van der Waals surface area contributed by atoms with E-state index in [2.05, 4.69) is 5.32 Å². The highest BCUT2D eigenvalue weighted by Gasteiger charge is 2.43. The van der Waals surface area contributed by atoms with Crippen molar-refractivity contribution < 1.29 is 37.4 Å². The summed E-state index contributed by atoms with van der Waals surface area (Å²) in [7, 11) is 0. The number of nitrogens with one attached hydrogen (secondary N) is 2. The first-order chi connectivity index (χ1) is 16.5. The van der Waals surface area contributed by atoms with Gasteiger partial charge < -0.3 is 20.5 Å². The molecule has 0 aromatic heterocycles. The van der Waals surface area contributed by atoms with Gasteiger partial charge in [0, 0.05) is 5.92 Å². The van der Waals surface area contributed by atoms with Gasteiger partial charge in [0.25, 0.3) is 0 Å². The number of fused-ring (bicyclic) bond motifs is 3. The van der Waals surface area contributed by atoms with E-state index in [-0.39, 0.29) is 12.5 Å². The molecular weight excluding hydrogens is 465 g/mol. The molecule has 0 spiro atoms. The molecule has 2 amide bonds. The number of carbonyl (C=O) groups excluding carboxylic acids is 2. The third kappa shape index (κ3) is 6.12. The van der Waals surface area contributed by atoms with Crippen molar-refractivity contribution in [2.24, 2.45) is 5.92 Å². The molecule has 10 heteroatoms. The predicted octanol–water partition coefficient (Wildman–Crippen LogP) is 4.46. The summed E-state index contributed by atoms with van der Waals surface area (Å²) in [6, 6.07) is 11.5. The van der Waals surface area contributed by atoms with Crippen LogP contribution in [0, 0.1) is 5.92 Å². The largest absolute Gasteiger partial charge is 0.481 e. The van der Waals surface area contributed by atoms with Crippen LogP contribution in [0.1, 0.15) is 43.7 Å². The van der Waals surface area contributed by atoms with Crippen LogP contribution >= 0.6 is 0 Å². The molecule has 1 aliphatic rings. The fourth-order valence-electron chi connectivity index (χ4n) is 4.15. The lowest BCUT2D eigenvalue weighted by atomic mass is 9.97. The van der Waals surface area contributed by atoms with Crippen LogP contribution in [0.2, 0.25) is 0 Å². The maximum atomic E-state index is 13.2. The first-order valence-electron chi connectivity index (χ1n) is 11.2. The van der Waals surface area contributed by atoms with Crippen LogP contribution in [0.3, 0.4) is 0 Å². The van der Waals surface area contributed by atoms with Crippen LogP contribution in [0.25, 0.3) is 11.1 Å². The molecule has 0 saturated carbocycles. The van der Waals surface area contributed by atoms with E-state index in [0.717, 1.165) is 22.3 Å². The van der Waals surface area contributed by atoms with Crippen molar-refractivity contribution in [3.8, 4) is 11.1 Å². The number of carbonyl (C=O) groups is 3. The molecule has 0 bridgehead atoms. The Balaban J connectivity index is 1.69. The quantitative estimate of drug-likeness (QED) is 0.479. The summed E-state index contributed by atoms with van der Waals surface area (Å²) in [5, 5.41) is 12.9. The summed E-state index contributed by atoms with van der Waals surface area (Å²) >= 11 is 0. The Morgan fingerprint density at radius 2 is 1.54 bits per heavy atom. The third-order valence-corrected chi connectivity index (χ3v) is 6.20. The highest BCUT2D eigenvalue weighted by atomic mass is 19.4. The Bertz CT molecular complexity index is 1040. The maximum absolute atomic E-state index is 13.2. The van der Waals surface area contributed by atoms with Gasteiger partial charge in [-0.1, -0.05) is 68.8 Å². The zero-order valence-electron chi connectivity index (χ0n) is 19.3. The SMILES string of the molecule is CC[C@H](C)[C@H](NC(=O)OCC1c2ccccc2-c2ccccc21)C(=O)NC(CC(=O)O)C(F)(F)F. The number of carboxylic acids is 1. The number of ether oxygens (including phenoxy) is 1. The number of rotatable bonds is 9. The molecule has 188 valence electrons. The average Bonchev–Trinajstić information content (AvgIpc) is 3.13. The van der Waals surface area contributed by atoms with E-state index in [9.17, 15) is 27.6 Å². The number of hydrogen-bond donors (Lipinski definition) is 3. The lowest BCUT2D eigenvalue weighted by molar-refractivity contribution is -0.170. The molecule has 35 heavy (non-hydrogen) atoms. The highest BCUT2D eigenvalue weighted by molar-refractivity contribution is 5.86. The second-order valence-corrected chi connectivity index (χ2v) is 8.53. The predicted molar refractivity (Wildman–Crippen MR) is 122 cm³/mol. The molecule has 2 aromatic rings. The van der Waals surface area contributed by atoms with Gasteiger partial charge in [0.15, 0.2) is 0 Å². The molecule has 0 heterocycles. The molecule has 3 atom stereocenters. The molecule has 0 saturated heterocycles. The molecule has 0 radical (unpaired) electrons. The van der Waals surface area contributed by atoms with Crippen molar-refractivity contribution in [2.45, 2.75) is 50.9 Å². The summed E-state index contributed by atoms with van der Waals surface area (Å²) in [6.07, 6.45) is -6.86. The second-order valence-electron chi connectivity index (χ2n) is 8.53. The van der Waals surface area contributed by atoms with E-state index < -0.39 is 48.6 Å². The molecule has 0 fully saturated rings. The number of aliphatic carboxylic acids is 1. The summed E-state index contributed by atoms with van der Waals surface area (Å²) in [6.45, 7) is 3.27.